The van der Waals surface area contributed by atoms with Crippen molar-refractivity contribution in [1.29, 1.82) is 0 Å². The van der Waals surface area contributed by atoms with Crippen LogP contribution in [0.15, 0.2) is 30.3 Å². The first-order chi connectivity index (χ1) is 7.33. The molecule has 0 aromatic heterocycles. The Morgan fingerprint density at radius 1 is 1.13 bits per heavy atom. The number of benzene rings is 1. The van der Waals surface area contributed by atoms with Crippen LogP contribution < -0.4 is 5.32 Å². The predicted molar refractivity (Wildman–Crippen MR) is 67.1 cm³/mol. The molecule has 0 amide bonds. The first-order valence-electron chi connectivity index (χ1n) is 6.07. The molecule has 0 heterocycles. The molecule has 0 bridgehead atoms. The molecule has 0 fully saturated rings. The van der Waals surface area contributed by atoms with Gasteiger partial charge in [0.2, 0.25) is 0 Å². The minimum atomic E-state index is 0.823. The maximum Gasteiger partial charge on any atom is -0.00465 e. The molecular weight excluding hydrogens is 182 g/mol. The van der Waals surface area contributed by atoms with Gasteiger partial charge in [-0.1, -0.05) is 44.2 Å². The maximum atomic E-state index is 3.38. The summed E-state index contributed by atoms with van der Waals surface area (Å²) in [6.45, 7) is 6.76. The van der Waals surface area contributed by atoms with Crippen LogP contribution in [0.2, 0.25) is 0 Å². The maximum absolute atomic E-state index is 3.38. The van der Waals surface area contributed by atoms with E-state index in [0.717, 1.165) is 19.0 Å². The Morgan fingerprint density at radius 2 is 1.87 bits per heavy atom. The van der Waals surface area contributed by atoms with Crippen molar-refractivity contribution in [2.24, 2.45) is 5.92 Å². The molecule has 0 radical (unpaired) electrons. The summed E-state index contributed by atoms with van der Waals surface area (Å²) in [5, 5.41) is 3.38. The lowest BCUT2D eigenvalue weighted by atomic mass is 9.98. The SMILES string of the molecule is CCNCCC(C)CCc1ccccc1. The molecule has 0 spiro atoms. The van der Waals surface area contributed by atoms with Crippen molar-refractivity contribution >= 4 is 0 Å². The van der Waals surface area contributed by atoms with Gasteiger partial charge in [0.05, 0.1) is 0 Å². The lowest BCUT2D eigenvalue weighted by molar-refractivity contribution is 0.474. The molecule has 0 aliphatic heterocycles. The van der Waals surface area contributed by atoms with Crippen LogP contribution in [0, 0.1) is 5.92 Å². The molecule has 0 saturated heterocycles. The molecule has 0 aliphatic rings. The molecule has 1 nitrogen and oxygen atoms in total. The van der Waals surface area contributed by atoms with E-state index < -0.39 is 0 Å². The molecule has 1 aromatic carbocycles. The quantitative estimate of drug-likeness (QED) is 0.674. The lowest BCUT2D eigenvalue weighted by Crippen LogP contribution is -2.16. The van der Waals surface area contributed by atoms with Crippen LogP contribution >= 0.6 is 0 Å². The second kappa shape index (κ2) is 7.47. The van der Waals surface area contributed by atoms with Gasteiger partial charge in [-0.15, -0.1) is 0 Å². The molecule has 0 aliphatic carbocycles. The van der Waals surface area contributed by atoms with Gasteiger partial charge in [0.1, 0.15) is 0 Å². The number of aryl methyl sites for hydroxylation is 1. The molecule has 1 heteroatoms. The van der Waals surface area contributed by atoms with Crippen LogP contribution in [0.4, 0.5) is 0 Å². The Kier molecular flexibility index (Phi) is 6.10. The van der Waals surface area contributed by atoms with Crippen molar-refractivity contribution in [2.75, 3.05) is 13.1 Å². The number of hydrogen-bond donors (Lipinski definition) is 1. The first-order valence-corrected chi connectivity index (χ1v) is 6.07. The normalized spacial score (nSPS) is 12.7. The molecule has 1 rings (SSSR count). The second-order valence-corrected chi connectivity index (χ2v) is 4.27. The van der Waals surface area contributed by atoms with Crippen LogP contribution in [-0.2, 0) is 6.42 Å². The zero-order valence-electron chi connectivity index (χ0n) is 10.00. The van der Waals surface area contributed by atoms with Gasteiger partial charge in [0.15, 0.2) is 0 Å². The van der Waals surface area contributed by atoms with E-state index in [4.69, 9.17) is 0 Å². The van der Waals surface area contributed by atoms with E-state index in [1.54, 1.807) is 0 Å². The summed E-state index contributed by atoms with van der Waals surface area (Å²) in [6.07, 6.45) is 3.81. The third kappa shape index (κ3) is 5.58. The first kappa shape index (κ1) is 12.3. The third-order valence-electron chi connectivity index (χ3n) is 2.83. The fraction of sp³-hybridized carbons (Fsp3) is 0.571. The minimum absolute atomic E-state index is 0.823. The van der Waals surface area contributed by atoms with Gasteiger partial charge in [-0.3, -0.25) is 0 Å². The summed E-state index contributed by atoms with van der Waals surface area (Å²) in [5.74, 6) is 0.823. The average Bonchev–Trinajstić information content (AvgIpc) is 2.28. The smallest absolute Gasteiger partial charge is 0.00465 e. The fourth-order valence-electron chi connectivity index (χ4n) is 1.73. The highest BCUT2D eigenvalue weighted by Gasteiger charge is 2.01. The van der Waals surface area contributed by atoms with Crippen molar-refractivity contribution in [3.05, 3.63) is 35.9 Å². The summed E-state index contributed by atoms with van der Waals surface area (Å²) in [7, 11) is 0. The van der Waals surface area contributed by atoms with Crippen molar-refractivity contribution < 1.29 is 0 Å². The van der Waals surface area contributed by atoms with E-state index in [-0.39, 0.29) is 0 Å². The van der Waals surface area contributed by atoms with E-state index in [2.05, 4.69) is 49.5 Å². The van der Waals surface area contributed by atoms with Crippen molar-refractivity contribution in [3.63, 3.8) is 0 Å². The lowest BCUT2D eigenvalue weighted by Gasteiger charge is -2.11. The number of rotatable bonds is 7. The molecule has 0 saturated carbocycles. The Bertz CT molecular complexity index is 243. The Morgan fingerprint density at radius 3 is 2.53 bits per heavy atom. The van der Waals surface area contributed by atoms with Crippen LogP contribution in [0.1, 0.15) is 32.3 Å². The summed E-state index contributed by atoms with van der Waals surface area (Å²) in [4.78, 5) is 0. The van der Waals surface area contributed by atoms with Gasteiger partial charge in [-0.2, -0.15) is 0 Å². The molecular formula is C14H23N. The predicted octanol–water partition coefficient (Wildman–Crippen LogP) is 3.25. The molecule has 1 aromatic rings. The standard InChI is InChI=1S/C14H23N/c1-3-15-12-11-13(2)9-10-14-7-5-4-6-8-14/h4-8,13,15H,3,9-12H2,1-2H3. The van der Waals surface area contributed by atoms with Crippen molar-refractivity contribution in [1.82, 2.24) is 5.32 Å². The Labute approximate surface area is 93.9 Å². The Hall–Kier alpha value is -0.820. The van der Waals surface area contributed by atoms with Gasteiger partial charge in [0.25, 0.3) is 0 Å². The molecule has 1 N–H and O–H groups in total. The highest BCUT2D eigenvalue weighted by atomic mass is 14.8. The number of nitrogens with one attached hydrogen (secondary N) is 1. The minimum Gasteiger partial charge on any atom is -0.317 e. The van der Waals surface area contributed by atoms with Gasteiger partial charge in [-0.05, 0) is 43.8 Å². The zero-order chi connectivity index (χ0) is 10.9. The van der Waals surface area contributed by atoms with Gasteiger partial charge in [-0.25, -0.2) is 0 Å². The topological polar surface area (TPSA) is 12.0 Å². The molecule has 15 heavy (non-hydrogen) atoms. The monoisotopic (exact) mass is 205 g/mol. The highest BCUT2D eigenvalue weighted by Crippen LogP contribution is 2.11. The van der Waals surface area contributed by atoms with Gasteiger partial charge < -0.3 is 5.32 Å². The average molecular weight is 205 g/mol. The number of hydrogen-bond acceptors (Lipinski definition) is 1. The highest BCUT2D eigenvalue weighted by molar-refractivity contribution is 5.14. The van der Waals surface area contributed by atoms with Gasteiger partial charge in [0, 0.05) is 0 Å². The summed E-state index contributed by atoms with van der Waals surface area (Å²) in [5.41, 5.74) is 1.47. The van der Waals surface area contributed by atoms with E-state index in [9.17, 15) is 0 Å². The fourth-order valence-corrected chi connectivity index (χ4v) is 1.73. The summed E-state index contributed by atoms with van der Waals surface area (Å²) < 4.78 is 0. The van der Waals surface area contributed by atoms with Crippen LogP contribution in [0.3, 0.4) is 0 Å². The van der Waals surface area contributed by atoms with Crippen LogP contribution in [0.5, 0.6) is 0 Å². The third-order valence-corrected chi connectivity index (χ3v) is 2.83. The van der Waals surface area contributed by atoms with E-state index in [1.807, 2.05) is 0 Å². The van der Waals surface area contributed by atoms with E-state index >= 15 is 0 Å². The van der Waals surface area contributed by atoms with E-state index in [1.165, 1.54) is 24.8 Å². The molecule has 1 unspecified atom stereocenters. The van der Waals surface area contributed by atoms with Gasteiger partial charge >= 0.3 is 0 Å². The molecule has 1 atom stereocenters. The Balaban J connectivity index is 2.14. The van der Waals surface area contributed by atoms with Crippen molar-refractivity contribution in [2.45, 2.75) is 33.1 Å². The largest absolute Gasteiger partial charge is 0.317 e. The van der Waals surface area contributed by atoms with Crippen molar-refractivity contribution in [3.8, 4) is 0 Å². The summed E-state index contributed by atoms with van der Waals surface area (Å²) >= 11 is 0. The zero-order valence-corrected chi connectivity index (χ0v) is 10.00. The van der Waals surface area contributed by atoms with E-state index in [0.29, 0.717) is 0 Å². The van der Waals surface area contributed by atoms with Crippen LogP contribution in [0.25, 0.3) is 0 Å². The second-order valence-electron chi connectivity index (χ2n) is 4.27. The van der Waals surface area contributed by atoms with Crippen LogP contribution in [-0.4, -0.2) is 13.1 Å². The molecule has 84 valence electrons. The summed E-state index contributed by atoms with van der Waals surface area (Å²) in [6, 6.07) is 10.8.